The topological polar surface area (TPSA) is 85.3 Å². The third kappa shape index (κ3) is 7.43. The summed E-state index contributed by atoms with van der Waals surface area (Å²) in [6, 6.07) is 0. The Morgan fingerprint density at radius 3 is 2.43 bits per heavy atom. The summed E-state index contributed by atoms with van der Waals surface area (Å²) in [6.45, 7) is 6.88. The summed E-state index contributed by atoms with van der Waals surface area (Å²) in [4.78, 5) is 26.1. The summed E-state index contributed by atoms with van der Waals surface area (Å²) in [6.07, 6.45) is 8.24. The van der Waals surface area contributed by atoms with Crippen molar-refractivity contribution < 1.29 is 28.9 Å². The van der Waals surface area contributed by atoms with E-state index in [1.165, 1.54) is 7.11 Å². The molecule has 1 atom stereocenters. The molecule has 1 unspecified atom stereocenters. The number of carbonyl (C=O) groups is 2. The maximum atomic E-state index is 12.3. The molecule has 1 heterocycles. The summed E-state index contributed by atoms with van der Waals surface area (Å²) in [7, 11) is 2.96. The summed E-state index contributed by atoms with van der Waals surface area (Å²) in [5, 5.41) is 9.96. The average Bonchev–Trinajstić information content (AvgIpc) is 2.87. The van der Waals surface area contributed by atoms with Crippen LogP contribution in [0, 0.1) is 11.8 Å². The van der Waals surface area contributed by atoms with Crippen molar-refractivity contribution in [3.05, 3.63) is 35.3 Å². The molecule has 7 nitrogen and oxygen atoms in total. The average molecular weight is 422 g/mol. The highest BCUT2D eigenvalue weighted by atomic mass is 16.6. The summed E-state index contributed by atoms with van der Waals surface area (Å²) in [5.41, 5.74) is 0.437. The third-order valence-electron chi connectivity index (χ3n) is 5.41. The number of aliphatic hydroxyl groups is 1. The zero-order chi connectivity index (χ0) is 22.3. The molecule has 0 aromatic heterocycles. The van der Waals surface area contributed by atoms with Crippen molar-refractivity contribution in [2.24, 2.45) is 11.8 Å². The van der Waals surface area contributed by atoms with Crippen molar-refractivity contribution in [2.75, 3.05) is 27.3 Å². The van der Waals surface area contributed by atoms with Gasteiger partial charge in [-0.25, -0.2) is 4.79 Å². The number of rotatable bonds is 6. The molecule has 1 amide bonds. The first-order valence-electron chi connectivity index (χ1n) is 10.5. The first kappa shape index (κ1) is 23.8. The lowest BCUT2D eigenvalue weighted by molar-refractivity contribution is -0.141. The van der Waals surface area contributed by atoms with Gasteiger partial charge >= 0.3 is 12.1 Å². The van der Waals surface area contributed by atoms with E-state index in [1.807, 2.05) is 32.9 Å². The number of aliphatic hydroxyl groups excluding tert-OH is 1. The van der Waals surface area contributed by atoms with Gasteiger partial charge in [0.2, 0.25) is 0 Å². The Kier molecular flexibility index (Phi) is 8.38. The van der Waals surface area contributed by atoms with Gasteiger partial charge in [-0.2, -0.15) is 0 Å². The van der Waals surface area contributed by atoms with Crippen LogP contribution in [0.1, 0.15) is 52.9 Å². The highest BCUT2D eigenvalue weighted by Gasteiger charge is 2.30. The zero-order valence-electron chi connectivity index (χ0n) is 18.8. The number of amides is 1. The predicted molar refractivity (Wildman–Crippen MR) is 114 cm³/mol. The van der Waals surface area contributed by atoms with Crippen molar-refractivity contribution in [1.29, 1.82) is 0 Å². The number of carbonyl (C=O) groups excluding carboxylic acids is 2. The SMILES string of the molecule is COC(=O)CC(CC1CCN(C(=O)OC(C)(C)C)CC1)C1=CC=C(O)CC(OC)=C1. The van der Waals surface area contributed by atoms with E-state index in [-0.39, 0.29) is 30.2 Å². The highest BCUT2D eigenvalue weighted by molar-refractivity contribution is 5.70. The monoisotopic (exact) mass is 421 g/mol. The predicted octanol–water partition coefficient (Wildman–Crippen LogP) is 4.51. The molecule has 1 aliphatic carbocycles. The summed E-state index contributed by atoms with van der Waals surface area (Å²) < 4.78 is 15.7. The van der Waals surface area contributed by atoms with Crippen molar-refractivity contribution in [2.45, 2.75) is 58.5 Å². The molecule has 30 heavy (non-hydrogen) atoms. The van der Waals surface area contributed by atoms with E-state index in [1.54, 1.807) is 18.1 Å². The Labute approximate surface area is 179 Å². The summed E-state index contributed by atoms with van der Waals surface area (Å²) in [5.74, 6) is 0.932. The number of likely N-dealkylation sites (tertiary alicyclic amines) is 1. The van der Waals surface area contributed by atoms with Gasteiger partial charge in [-0.05, 0) is 69.6 Å². The van der Waals surface area contributed by atoms with E-state index in [0.717, 1.165) is 24.8 Å². The Morgan fingerprint density at radius 1 is 1.20 bits per heavy atom. The number of hydrogen-bond acceptors (Lipinski definition) is 6. The zero-order valence-corrected chi connectivity index (χ0v) is 18.8. The highest BCUT2D eigenvalue weighted by Crippen LogP contribution is 2.33. The third-order valence-corrected chi connectivity index (χ3v) is 5.41. The van der Waals surface area contributed by atoms with Crippen LogP contribution in [0.2, 0.25) is 0 Å². The van der Waals surface area contributed by atoms with Gasteiger partial charge in [0.05, 0.1) is 32.8 Å². The van der Waals surface area contributed by atoms with Crippen molar-refractivity contribution in [1.82, 2.24) is 4.90 Å². The minimum absolute atomic E-state index is 0.0529. The van der Waals surface area contributed by atoms with Gasteiger partial charge in [0.25, 0.3) is 0 Å². The maximum absolute atomic E-state index is 12.3. The molecule has 0 spiro atoms. The number of piperidine rings is 1. The van der Waals surface area contributed by atoms with Crippen LogP contribution in [-0.2, 0) is 19.0 Å². The van der Waals surface area contributed by atoms with Crippen LogP contribution in [0.25, 0.3) is 0 Å². The standard InChI is InChI=1S/C23H35NO6/c1-23(2,3)30-22(27)24-10-8-16(9-11-24)12-18(14-21(26)29-5)17-6-7-19(25)15-20(13-17)28-4/h6-7,13,16,18,25H,8-12,14-15H2,1-5H3. The number of ether oxygens (including phenoxy) is 3. The van der Waals surface area contributed by atoms with Crippen LogP contribution in [-0.4, -0.2) is 55.0 Å². The van der Waals surface area contributed by atoms with Crippen molar-refractivity contribution >= 4 is 12.1 Å². The van der Waals surface area contributed by atoms with E-state index in [2.05, 4.69) is 0 Å². The molecule has 2 rings (SSSR count). The number of nitrogens with zero attached hydrogens (tertiary/aromatic N) is 1. The fraction of sp³-hybridized carbons (Fsp3) is 0.652. The Hall–Kier alpha value is -2.44. The lowest BCUT2D eigenvalue weighted by Crippen LogP contribution is -2.42. The van der Waals surface area contributed by atoms with Gasteiger partial charge in [0.15, 0.2) is 0 Å². The Bertz CT molecular complexity index is 708. The fourth-order valence-corrected chi connectivity index (χ4v) is 3.80. The minimum atomic E-state index is -0.504. The molecule has 7 heteroatoms. The lowest BCUT2D eigenvalue weighted by Gasteiger charge is -2.34. The van der Waals surface area contributed by atoms with E-state index < -0.39 is 5.60 Å². The van der Waals surface area contributed by atoms with Crippen LogP contribution in [0.15, 0.2) is 35.3 Å². The van der Waals surface area contributed by atoms with Gasteiger partial charge in [-0.3, -0.25) is 4.79 Å². The molecule has 1 fully saturated rings. The van der Waals surface area contributed by atoms with E-state index in [4.69, 9.17) is 14.2 Å². The largest absolute Gasteiger partial charge is 0.512 e. The molecule has 0 aromatic rings. The van der Waals surface area contributed by atoms with E-state index in [9.17, 15) is 14.7 Å². The van der Waals surface area contributed by atoms with Gasteiger partial charge in [0.1, 0.15) is 11.4 Å². The molecule has 1 saturated heterocycles. The summed E-state index contributed by atoms with van der Waals surface area (Å²) >= 11 is 0. The second-order valence-corrected chi connectivity index (χ2v) is 8.94. The van der Waals surface area contributed by atoms with E-state index >= 15 is 0 Å². The molecule has 168 valence electrons. The maximum Gasteiger partial charge on any atom is 0.410 e. The number of allylic oxidation sites excluding steroid dienone is 4. The molecule has 0 saturated carbocycles. The van der Waals surface area contributed by atoms with Crippen LogP contribution < -0.4 is 0 Å². The first-order valence-corrected chi connectivity index (χ1v) is 10.5. The second-order valence-electron chi connectivity index (χ2n) is 8.94. The molecule has 1 N–H and O–H groups in total. The Balaban J connectivity index is 2.06. The van der Waals surface area contributed by atoms with Gasteiger partial charge in [0, 0.05) is 13.1 Å². The van der Waals surface area contributed by atoms with Gasteiger partial charge < -0.3 is 24.2 Å². The number of esters is 1. The van der Waals surface area contributed by atoms with Crippen LogP contribution >= 0.6 is 0 Å². The molecule has 0 radical (unpaired) electrons. The normalized spacial score (nSPS) is 19.1. The van der Waals surface area contributed by atoms with Crippen LogP contribution in [0.3, 0.4) is 0 Å². The molecular weight excluding hydrogens is 386 g/mol. The van der Waals surface area contributed by atoms with Gasteiger partial charge in [-0.1, -0.05) is 6.08 Å². The molecule has 0 aromatic carbocycles. The number of methoxy groups -OCH3 is 2. The number of hydrogen-bond donors (Lipinski definition) is 1. The smallest absolute Gasteiger partial charge is 0.410 e. The Morgan fingerprint density at radius 2 is 1.87 bits per heavy atom. The minimum Gasteiger partial charge on any atom is -0.512 e. The molecule has 1 aliphatic heterocycles. The van der Waals surface area contributed by atoms with Gasteiger partial charge in [-0.15, -0.1) is 0 Å². The molecule has 0 bridgehead atoms. The first-order chi connectivity index (χ1) is 14.1. The van der Waals surface area contributed by atoms with E-state index in [0.29, 0.717) is 31.2 Å². The second kappa shape index (κ2) is 10.5. The fourth-order valence-electron chi connectivity index (χ4n) is 3.80. The molecular formula is C23H35NO6. The van der Waals surface area contributed by atoms with Crippen LogP contribution in [0.5, 0.6) is 0 Å². The quantitative estimate of drug-likeness (QED) is 0.636. The van der Waals surface area contributed by atoms with Crippen LogP contribution in [0.4, 0.5) is 4.79 Å². The van der Waals surface area contributed by atoms with Crippen molar-refractivity contribution in [3.8, 4) is 0 Å². The lowest BCUT2D eigenvalue weighted by atomic mass is 9.81. The molecule has 2 aliphatic rings. The van der Waals surface area contributed by atoms with Crippen molar-refractivity contribution in [3.63, 3.8) is 0 Å².